The summed E-state index contributed by atoms with van der Waals surface area (Å²) in [5.74, 6) is 1.00. The van der Waals surface area contributed by atoms with E-state index in [1.165, 1.54) is 0 Å². The third-order valence-electron chi connectivity index (χ3n) is 3.21. The molecule has 0 spiro atoms. The Kier molecular flexibility index (Phi) is 6.70. The van der Waals surface area contributed by atoms with Crippen molar-refractivity contribution in [1.82, 2.24) is 0 Å². The molecule has 0 saturated carbocycles. The van der Waals surface area contributed by atoms with Crippen LogP contribution in [0.5, 0.6) is 11.5 Å². The number of carbonyl (C=O) groups is 1. The first-order valence-corrected chi connectivity index (χ1v) is 8.07. The van der Waals surface area contributed by atoms with E-state index in [9.17, 15) is 4.79 Å². The van der Waals surface area contributed by atoms with Crippen molar-refractivity contribution >= 4 is 23.2 Å². The molecule has 2 aromatic rings. The van der Waals surface area contributed by atoms with E-state index in [-0.39, 0.29) is 5.91 Å². The van der Waals surface area contributed by atoms with Gasteiger partial charge < -0.3 is 14.8 Å². The van der Waals surface area contributed by atoms with Crippen LogP contribution in [0, 0.1) is 0 Å². The SMILES string of the molecule is C=CCOc1cccc(NC(=O)[C@@H](CC)Oc2cccc(Cl)c2)c1. The smallest absolute Gasteiger partial charge is 0.265 e. The summed E-state index contributed by atoms with van der Waals surface area (Å²) in [5, 5.41) is 3.41. The van der Waals surface area contributed by atoms with E-state index in [1.54, 1.807) is 42.5 Å². The molecule has 0 aromatic heterocycles. The molecule has 0 fully saturated rings. The summed E-state index contributed by atoms with van der Waals surface area (Å²) in [7, 11) is 0. The van der Waals surface area contributed by atoms with E-state index in [0.717, 1.165) is 0 Å². The van der Waals surface area contributed by atoms with Gasteiger partial charge in [-0.25, -0.2) is 0 Å². The van der Waals surface area contributed by atoms with Gasteiger partial charge in [0.25, 0.3) is 5.91 Å². The molecule has 1 amide bonds. The number of rotatable bonds is 8. The zero-order valence-electron chi connectivity index (χ0n) is 13.5. The zero-order valence-corrected chi connectivity index (χ0v) is 14.3. The first-order valence-electron chi connectivity index (χ1n) is 7.69. The van der Waals surface area contributed by atoms with E-state index >= 15 is 0 Å². The molecule has 126 valence electrons. The Hall–Kier alpha value is -2.46. The second-order valence-electron chi connectivity index (χ2n) is 5.09. The lowest BCUT2D eigenvalue weighted by molar-refractivity contribution is -0.122. The number of carbonyl (C=O) groups excluding carboxylic acids is 1. The van der Waals surface area contributed by atoms with Crippen LogP contribution in [0.2, 0.25) is 5.02 Å². The topological polar surface area (TPSA) is 47.6 Å². The van der Waals surface area contributed by atoms with Crippen molar-refractivity contribution in [2.75, 3.05) is 11.9 Å². The average Bonchev–Trinajstić information content (AvgIpc) is 2.58. The first kappa shape index (κ1) is 17.9. The standard InChI is InChI=1S/C19H20ClNO3/c1-3-11-23-16-9-6-8-15(13-16)21-19(22)18(4-2)24-17-10-5-7-14(20)12-17/h3,5-10,12-13,18H,1,4,11H2,2H3,(H,21,22)/t18-/m1/s1. The molecular formula is C19H20ClNO3. The monoisotopic (exact) mass is 345 g/mol. The first-order chi connectivity index (χ1) is 11.6. The molecule has 4 nitrogen and oxygen atoms in total. The summed E-state index contributed by atoms with van der Waals surface area (Å²) in [4.78, 5) is 12.4. The number of anilines is 1. The molecule has 2 aromatic carbocycles. The minimum Gasteiger partial charge on any atom is -0.489 e. The van der Waals surface area contributed by atoms with E-state index in [4.69, 9.17) is 21.1 Å². The van der Waals surface area contributed by atoms with Crippen LogP contribution in [-0.4, -0.2) is 18.6 Å². The van der Waals surface area contributed by atoms with Gasteiger partial charge in [0.1, 0.15) is 18.1 Å². The van der Waals surface area contributed by atoms with E-state index in [2.05, 4.69) is 11.9 Å². The molecule has 2 rings (SSSR count). The van der Waals surface area contributed by atoms with Gasteiger partial charge in [0.2, 0.25) is 0 Å². The van der Waals surface area contributed by atoms with Gasteiger partial charge in [0.05, 0.1) is 0 Å². The maximum absolute atomic E-state index is 12.4. The molecule has 0 aliphatic heterocycles. The summed E-state index contributed by atoms with van der Waals surface area (Å²) >= 11 is 5.94. The number of hydrogen-bond donors (Lipinski definition) is 1. The quantitative estimate of drug-likeness (QED) is 0.705. The highest BCUT2D eigenvalue weighted by atomic mass is 35.5. The molecule has 0 unspecified atom stereocenters. The largest absolute Gasteiger partial charge is 0.489 e. The van der Waals surface area contributed by atoms with E-state index in [1.807, 2.05) is 19.1 Å². The predicted octanol–water partition coefficient (Wildman–Crippen LogP) is 4.70. The van der Waals surface area contributed by atoms with Crippen molar-refractivity contribution in [2.45, 2.75) is 19.4 Å². The van der Waals surface area contributed by atoms with Crippen LogP contribution < -0.4 is 14.8 Å². The summed E-state index contributed by atoms with van der Waals surface area (Å²) in [5.41, 5.74) is 0.648. The molecule has 24 heavy (non-hydrogen) atoms. The highest BCUT2D eigenvalue weighted by molar-refractivity contribution is 6.30. The van der Waals surface area contributed by atoms with Crippen molar-refractivity contribution in [1.29, 1.82) is 0 Å². The Morgan fingerprint density at radius 2 is 2.00 bits per heavy atom. The van der Waals surface area contributed by atoms with Gasteiger partial charge in [-0.05, 0) is 36.8 Å². The van der Waals surface area contributed by atoms with Gasteiger partial charge in [0.15, 0.2) is 6.10 Å². The zero-order chi connectivity index (χ0) is 17.4. The molecular weight excluding hydrogens is 326 g/mol. The summed E-state index contributed by atoms with van der Waals surface area (Å²) < 4.78 is 11.2. The van der Waals surface area contributed by atoms with E-state index < -0.39 is 6.10 Å². The molecule has 5 heteroatoms. The summed E-state index contributed by atoms with van der Waals surface area (Å²) in [6.07, 6.45) is 1.59. The van der Waals surface area contributed by atoms with Gasteiger partial charge in [0, 0.05) is 16.8 Å². The lowest BCUT2D eigenvalue weighted by Gasteiger charge is -2.17. The Morgan fingerprint density at radius 1 is 1.25 bits per heavy atom. The molecule has 0 aliphatic rings. The number of ether oxygens (including phenoxy) is 2. The van der Waals surface area contributed by atoms with Gasteiger partial charge in [-0.3, -0.25) is 4.79 Å². The summed E-state index contributed by atoms with van der Waals surface area (Å²) in [6.45, 7) is 5.90. The van der Waals surface area contributed by atoms with Gasteiger partial charge >= 0.3 is 0 Å². The number of nitrogens with one attached hydrogen (secondary N) is 1. The summed E-state index contributed by atoms with van der Waals surface area (Å²) in [6, 6.07) is 14.2. The van der Waals surface area contributed by atoms with Crippen molar-refractivity contribution in [3.05, 3.63) is 66.2 Å². The van der Waals surface area contributed by atoms with Crippen LogP contribution in [-0.2, 0) is 4.79 Å². The molecule has 1 atom stereocenters. The number of amides is 1. The molecule has 0 radical (unpaired) electrons. The van der Waals surface area contributed by atoms with Crippen molar-refractivity contribution in [2.24, 2.45) is 0 Å². The van der Waals surface area contributed by atoms with Gasteiger partial charge in [-0.2, -0.15) is 0 Å². The minimum atomic E-state index is -0.610. The second-order valence-corrected chi connectivity index (χ2v) is 5.53. The van der Waals surface area contributed by atoms with Crippen LogP contribution in [0.15, 0.2) is 61.2 Å². The highest BCUT2D eigenvalue weighted by Gasteiger charge is 2.18. The van der Waals surface area contributed by atoms with Gasteiger partial charge in [-0.1, -0.05) is 43.3 Å². The van der Waals surface area contributed by atoms with Crippen LogP contribution in [0.3, 0.4) is 0 Å². The van der Waals surface area contributed by atoms with Gasteiger partial charge in [-0.15, -0.1) is 0 Å². The van der Waals surface area contributed by atoms with Crippen LogP contribution in [0.25, 0.3) is 0 Å². The fraction of sp³-hybridized carbons (Fsp3) is 0.211. The minimum absolute atomic E-state index is 0.224. The Bertz CT molecular complexity index is 703. The van der Waals surface area contributed by atoms with Crippen LogP contribution in [0.1, 0.15) is 13.3 Å². The fourth-order valence-electron chi connectivity index (χ4n) is 2.07. The van der Waals surface area contributed by atoms with Crippen molar-refractivity contribution in [3.8, 4) is 11.5 Å². The number of benzene rings is 2. The average molecular weight is 346 g/mol. The molecule has 0 heterocycles. The third-order valence-corrected chi connectivity index (χ3v) is 3.44. The highest BCUT2D eigenvalue weighted by Crippen LogP contribution is 2.21. The normalized spacial score (nSPS) is 11.4. The molecule has 1 N–H and O–H groups in total. The van der Waals surface area contributed by atoms with Crippen molar-refractivity contribution in [3.63, 3.8) is 0 Å². The third kappa shape index (κ3) is 5.32. The number of hydrogen-bond acceptors (Lipinski definition) is 3. The van der Waals surface area contributed by atoms with E-state index in [0.29, 0.717) is 35.2 Å². The fourth-order valence-corrected chi connectivity index (χ4v) is 2.25. The Balaban J connectivity index is 2.02. The lowest BCUT2D eigenvalue weighted by atomic mass is 10.2. The maximum Gasteiger partial charge on any atom is 0.265 e. The van der Waals surface area contributed by atoms with Crippen molar-refractivity contribution < 1.29 is 14.3 Å². The second kappa shape index (κ2) is 8.99. The molecule has 0 aliphatic carbocycles. The Labute approximate surface area is 147 Å². The lowest BCUT2D eigenvalue weighted by Crippen LogP contribution is -2.32. The Morgan fingerprint density at radius 3 is 2.71 bits per heavy atom. The van der Waals surface area contributed by atoms with Crippen LogP contribution in [0.4, 0.5) is 5.69 Å². The molecule has 0 saturated heterocycles. The maximum atomic E-state index is 12.4. The number of halogens is 1. The molecule has 0 bridgehead atoms. The predicted molar refractivity (Wildman–Crippen MR) is 96.9 cm³/mol. The van der Waals surface area contributed by atoms with Crippen LogP contribution >= 0.6 is 11.6 Å².